The van der Waals surface area contributed by atoms with Crippen molar-refractivity contribution in [2.75, 3.05) is 0 Å². The number of carbonyl (C=O) groups excluding carboxylic acids is 1. The Hall–Kier alpha value is -1.02. The molecule has 0 N–H and O–H groups in total. The van der Waals surface area contributed by atoms with E-state index in [9.17, 15) is 35.5 Å². The standard InChI is InChI=1S/C8H9F7O2/c1-4(17-5(2)16)8(14,15)6(9,10)3-7(11,12)13/h4H,3H2,1-2H3. The van der Waals surface area contributed by atoms with Gasteiger partial charge in [0.25, 0.3) is 0 Å². The highest BCUT2D eigenvalue weighted by molar-refractivity contribution is 5.66. The van der Waals surface area contributed by atoms with Crippen molar-refractivity contribution in [3.05, 3.63) is 0 Å². The molecular formula is C8H9F7O2. The highest BCUT2D eigenvalue weighted by atomic mass is 19.4. The van der Waals surface area contributed by atoms with Crippen LogP contribution in [-0.4, -0.2) is 30.1 Å². The summed E-state index contributed by atoms with van der Waals surface area (Å²) in [5.41, 5.74) is 0. The monoisotopic (exact) mass is 270 g/mol. The van der Waals surface area contributed by atoms with Crippen molar-refractivity contribution in [2.24, 2.45) is 0 Å². The van der Waals surface area contributed by atoms with Crippen LogP contribution in [0.4, 0.5) is 30.7 Å². The van der Waals surface area contributed by atoms with Gasteiger partial charge in [-0.05, 0) is 6.92 Å². The third-order valence-electron chi connectivity index (χ3n) is 1.76. The van der Waals surface area contributed by atoms with Crippen LogP contribution in [0.5, 0.6) is 0 Å². The normalized spacial score (nSPS) is 15.6. The van der Waals surface area contributed by atoms with Gasteiger partial charge in [0, 0.05) is 6.92 Å². The molecule has 0 radical (unpaired) electrons. The van der Waals surface area contributed by atoms with Crippen molar-refractivity contribution in [1.29, 1.82) is 0 Å². The molecule has 0 bridgehead atoms. The predicted octanol–water partition coefficient (Wildman–Crippen LogP) is 3.16. The molecular weight excluding hydrogens is 261 g/mol. The number of ether oxygens (including phenoxy) is 1. The van der Waals surface area contributed by atoms with E-state index >= 15 is 0 Å². The van der Waals surface area contributed by atoms with Crippen LogP contribution < -0.4 is 0 Å². The first-order valence-corrected chi connectivity index (χ1v) is 4.29. The predicted molar refractivity (Wildman–Crippen MR) is 41.8 cm³/mol. The molecule has 0 spiro atoms. The summed E-state index contributed by atoms with van der Waals surface area (Å²) in [5, 5.41) is 0. The summed E-state index contributed by atoms with van der Waals surface area (Å²) in [6, 6.07) is 0. The van der Waals surface area contributed by atoms with E-state index in [1.807, 2.05) is 0 Å². The number of esters is 1. The number of halogens is 7. The minimum Gasteiger partial charge on any atom is -0.456 e. The fourth-order valence-corrected chi connectivity index (χ4v) is 0.990. The fourth-order valence-electron chi connectivity index (χ4n) is 0.990. The Labute approximate surface area is 91.7 Å². The van der Waals surface area contributed by atoms with E-state index in [1.165, 1.54) is 0 Å². The van der Waals surface area contributed by atoms with Crippen molar-refractivity contribution in [3.8, 4) is 0 Å². The first-order chi connectivity index (χ1) is 7.29. The second kappa shape index (κ2) is 4.69. The first kappa shape index (κ1) is 16.0. The highest BCUT2D eigenvalue weighted by Gasteiger charge is 2.64. The molecule has 1 unspecified atom stereocenters. The van der Waals surface area contributed by atoms with Gasteiger partial charge in [-0.25, -0.2) is 0 Å². The van der Waals surface area contributed by atoms with E-state index in [2.05, 4.69) is 4.74 Å². The van der Waals surface area contributed by atoms with Gasteiger partial charge in [-0.1, -0.05) is 0 Å². The lowest BCUT2D eigenvalue weighted by Gasteiger charge is -2.31. The molecule has 0 aliphatic heterocycles. The lowest BCUT2D eigenvalue weighted by molar-refractivity contribution is -0.289. The maximum Gasteiger partial charge on any atom is 0.395 e. The molecule has 9 heteroatoms. The van der Waals surface area contributed by atoms with Crippen molar-refractivity contribution in [2.45, 2.75) is 44.4 Å². The Morgan fingerprint density at radius 2 is 1.53 bits per heavy atom. The minimum absolute atomic E-state index is 0.395. The van der Waals surface area contributed by atoms with E-state index in [4.69, 9.17) is 0 Å². The Bertz CT molecular complexity index is 284. The van der Waals surface area contributed by atoms with Gasteiger partial charge in [0.2, 0.25) is 0 Å². The lowest BCUT2D eigenvalue weighted by atomic mass is 10.0. The molecule has 1 atom stereocenters. The summed E-state index contributed by atoms with van der Waals surface area (Å²) in [6.45, 7) is 1.07. The smallest absolute Gasteiger partial charge is 0.395 e. The molecule has 0 saturated heterocycles. The van der Waals surface area contributed by atoms with Gasteiger partial charge in [0.15, 0.2) is 6.10 Å². The summed E-state index contributed by atoms with van der Waals surface area (Å²) in [6.07, 6.45) is -11.1. The van der Waals surface area contributed by atoms with Crippen LogP contribution in [0.1, 0.15) is 20.3 Å². The Balaban J connectivity index is 4.94. The van der Waals surface area contributed by atoms with Gasteiger partial charge in [-0.2, -0.15) is 30.7 Å². The highest BCUT2D eigenvalue weighted by Crippen LogP contribution is 2.44. The van der Waals surface area contributed by atoms with Crippen molar-refractivity contribution in [1.82, 2.24) is 0 Å². The van der Waals surface area contributed by atoms with Crippen LogP contribution in [0.2, 0.25) is 0 Å². The second-order valence-electron chi connectivity index (χ2n) is 3.37. The van der Waals surface area contributed by atoms with Crippen molar-refractivity contribution >= 4 is 5.97 Å². The van der Waals surface area contributed by atoms with E-state index in [0.717, 1.165) is 0 Å². The molecule has 0 saturated carbocycles. The van der Waals surface area contributed by atoms with E-state index in [1.54, 1.807) is 0 Å². The molecule has 17 heavy (non-hydrogen) atoms. The van der Waals surface area contributed by atoms with Crippen molar-refractivity contribution < 1.29 is 40.3 Å². The van der Waals surface area contributed by atoms with E-state index in [-0.39, 0.29) is 0 Å². The van der Waals surface area contributed by atoms with Crippen LogP contribution in [0, 0.1) is 0 Å². The SMILES string of the molecule is CC(=O)OC(C)C(F)(F)C(F)(F)CC(F)(F)F. The van der Waals surface area contributed by atoms with Crippen LogP contribution in [0.15, 0.2) is 0 Å². The Morgan fingerprint density at radius 3 is 1.82 bits per heavy atom. The van der Waals surface area contributed by atoms with Gasteiger partial charge >= 0.3 is 24.0 Å². The molecule has 2 nitrogen and oxygen atoms in total. The van der Waals surface area contributed by atoms with Crippen LogP contribution >= 0.6 is 0 Å². The number of hydrogen-bond donors (Lipinski definition) is 0. The zero-order valence-corrected chi connectivity index (χ0v) is 8.75. The third kappa shape index (κ3) is 4.39. The topological polar surface area (TPSA) is 26.3 Å². The maximum absolute atomic E-state index is 13.0. The zero-order valence-electron chi connectivity index (χ0n) is 8.75. The van der Waals surface area contributed by atoms with Crippen LogP contribution in [0.3, 0.4) is 0 Å². The van der Waals surface area contributed by atoms with Gasteiger partial charge in [0.05, 0.1) is 0 Å². The average molecular weight is 270 g/mol. The Kier molecular flexibility index (Phi) is 4.41. The lowest BCUT2D eigenvalue weighted by Crippen LogP contribution is -2.51. The number of hydrogen-bond acceptors (Lipinski definition) is 2. The molecule has 0 aromatic rings. The molecule has 0 aromatic carbocycles. The van der Waals surface area contributed by atoms with Crippen LogP contribution in [-0.2, 0) is 9.53 Å². The van der Waals surface area contributed by atoms with Gasteiger partial charge in [-0.3, -0.25) is 4.79 Å². The molecule has 0 aromatic heterocycles. The molecule has 0 fully saturated rings. The largest absolute Gasteiger partial charge is 0.456 e. The Morgan fingerprint density at radius 1 is 1.12 bits per heavy atom. The summed E-state index contributed by atoms with van der Waals surface area (Å²) in [4.78, 5) is 10.3. The quantitative estimate of drug-likeness (QED) is 0.579. The number of alkyl halides is 7. The molecule has 0 aliphatic rings. The average Bonchev–Trinajstić information content (AvgIpc) is 1.97. The molecule has 0 heterocycles. The van der Waals surface area contributed by atoms with Gasteiger partial charge < -0.3 is 4.74 Å². The third-order valence-corrected chi connectivity index (χ3v) is 1.76. The first-order valence-electron chi connectivity index (χ1n) is 4.29. The number of rotatable bonds is 4. The molecule has 0 amide bonds. The minimum atomic E-state index is -5.46. The summed E-state index contributed by atoms with van der Waals surface area (Å²) < 4.78 is 90.2. The maximum atomic E-state index is 13.0. The zero-order chi connectivity index (χ0) is 14.1. The fraction of sp³-hybridized carbons (Fsp3) is 0.875. The summed E-state index contributed by atoms with van der Waals surface area (Å²) in [5.74, 6) is -11.7. The molecule has 0 aliphatic carbocycles. The summed E-state index contributed by atoms with van der Waals surface area (Å²) in [7, 11) is 0. The van der Waals surface area contributed by atoms with Gasteiger partial charge in [-0.15, -0.1) is 0 Å². The molecule has 102 valence electrons. The summed E-state index contributed by atoms with van der Waals surface area (Å²) >= 11 is 0. The van der Waals surface area contributed by atoms with Gasteiger partial charge in [0.1, 0.15) is 6.42 Å². The van der Waals surface area contributed by atoms with Crippen LogP contribution in [0.25, 0.3) is 0 Å². The number of carbonyl (C=O) groups is 1. The van der Waals surface area contributed by atoms with Crippen molar-refractivity contribution in [3.63, 3.8) is 0 Å². The second-order valence-corrected chi connectivity index (χ2v) is 3.37. The van der Waals surface area contributed by atoms with E-state index in [0.29, 0.717) is 13.8 Å². The molecule has 0 rings (SSSR count). The van der Waals surface area contributed by atoms with E-state index < -0.39 is 36.5 Å².